The topological polar surface area (TPSA) is 132 Å². The summed E-state index contributed by atoms with van der Waals surface area (Å²) in [6.07, 6.45) is 2.41. The highest BCUT2D eigenvalue weighted by Gasteiger charge is 2.43. The fraction of sp³-hybridized carbons (Fsp3) is 0.423. The Labute approximate surface area is 231 Å². The maximum absolute atomic E-state index is 14.4. The van der Waals surface area contributed by atoms with Gasteiger partial charge in [-0.2, -0.15) is 10.2 Å². The lowest BCUT2D eigenvalue weighted by Crippen LogP contribution is -2.53. The van der Waals surface area contributed by atoms with Crippen molar-refractivity contribution in [1.29, 1.82) is 0 Å². The predicted octanol–water partition coefficient (Wildman–Crippen LogP) is 1.90. The first-order valence-corrected chi connectivity index (χ1v) is 13.4. The molecule has 1 saturated heterocycles. The number of thiophene rings is 1. The standard InChI is InChI=1S/C26H29FN6O6S/c1-15-20-21(34)32(26(2)7-8-28-24(26)35)25(36)31(23(20)40-22(15)33-29-9-10-30-33)14-19(39-12-11-37-3)17-13-16(27)5-6-18(17)38-4/h5-6,9-10,13,19H,7-8,11-12,14H2,1-4H3,(H,28,35)/t19-,26-/m0/s1. The lowest BCUT2D eigenvalue weighted by atomic mass is 10.00. The molecule has 0 aliphatic carbocycles. The first-order chi connectivity index (χ1) is 19.2. The number of carbonyl (C=O) groups is 1. The molecule has 3 aromatic heterocycles. The molecule has 212 valence electrons. The van der Waals surface area contributed by atoms with Gasteiger partial charge in [-0.3, -0.25) is 14.2 Å². The van der Waals surface area contributed by atoms with Crippen LogP contribution in [0.5, 0.6) is 5.75 Å². The van der Waals surface area contributed by atoms with Crippen LogP contribution in [0.25, 0.3) is 15.2 Å². The number of aromatic nitrogens is 5. The van der Waals surface area contributed by atoms with Crippen molar-refractivity contribution in [3.05, 3.63) is 68.4 Å². The van der Waals surface area contributed by atoms with Crippen LogP contribution in [0.2, 0.25) is 0 Å². The molecule has 4 aromatic rings. The van der Waals surface area contributed by atoms with Crippen molar-refractivity contribution >= 4 is 27.5 Å². The Morgan fingerprint density at radius 2 is 1.93 bits per heavy atom. The molecule has 1 aliphatic heterocycles. The van der Waals surface area contributed by atoms with Gasteiger partial charge in [-0.25, -0.2) is 13.8 Å². The van der Waals surface area contributed by atoms with Crippen molar-refractivity contribution in [3.8, 4) is 10.8 Å². The normalized spacial score (nSPS) is 17.9. The molecule has 4 heterocycles. The lowest BCUT2D eigenvalue weighted by Gasteiger charge is -2.26. The summed E-state index contributed by atoms with van der Waals surface area (Å²) in [6, 6.07) is 4.04. The van der Waals surface area contributed by atoms with Crippen molar-refractivity contribution < 1.29 is 23.4 Å². The van der Waals surface area contributed by atoms with Gasteiger partial charge in [-0.15, -0.1) is 4.80 Å². The molecule has 1 amide bonds. The monoisotopic (exact) mass is 572 g/mol. The number of halogens is 1. The van der Waals surface area contributed by atoms with Crippen LogP contribution in [0.4, 0.5) is 4.39 Å². The molecule has 0 saturated carbocycles. The zero-order valence-corrected chi connectivity index (χ0v) is 23.3. The first-order valence-electron chi connectivity index (χ1n) is 12.6. The Kier molecular flexibility index (Phi) is 7.57. The fourth-order valence-electron chi connectivity index (χ4n) is 5.02. The fourth-order valence-corrected chi connectivity index (χ4v) is 6.24. The van der Waals surface area contributed by atoms with E-state index in [1.807, 2.05) is 0 Å². The number of hydrogen-bond donors (Lipinski definition) is 1. The van der Waals surface area contributed by atoms with E-state index in [0.29, 0.717) is 33.3 Å². The molecule has 14 heteroatoms. The predicted molar refractivity (Wildman–Crippen MR) is 145 cm³/mol. The average molecular weight is 573 g/mol. The molecule has 1 N–H and O–H groups in total. The number of ether oxygens (including phenoxy) is 3. The number of aryl methyl sites for hydroxylation is 1. The zero-order chi connectivity index (χ0) is 28.6. The van der Waals surface area contributed by atoms with Crippen molar-refractivity contribution in [1.82, 2.24) is 29.4 Å². The number of hydrogen-bond acceptors (Lipinski definition) is 9. The number of rotatable bonds is 10. The van der Waals surface area contributed by atoms with Gasteiger partial charge in [0, 0.05) is 24.8 Å². The summed E-state index contributed by atoms with van der Waals surface area (Å²) in [5.41, 5.74) is -1.72. The molecule has 1 aromatic carbocycles. The summed E-state index contributed by atoms with van der Waals surface area (Å²) < 4.78 is 33.6. The zero-order valence-electron chi connectivity index (χ0n) is 22.5. The van der Waals surface area contributed by atoms with E-state index < -0.39 is 34.6 Å². The molecule has 2 atom stereocenters. The summed E-state index contributed by atoms with van der Waals surface area (Å²) in [4.78, 5) is 42.8. The smallest absolute Gasteiger partial charge is 0.333 e. The van der Waals surface area contributed by atoms with E-state index in [9.17, 15) is 18.8 Å². The Morgan fingerprint density at radius 1 is 1.18 bits per heavy atom. The van der Waals surface area contributed by atoms with Crippen LogP contribution < -0.4 is 21.3 Å². The van der Waals surface area contributed by atoms with Crippen molar-refractivity contribution in [2.45, 2.75) is 38.5 Å². The van der Waals surface area contributed by atoms with Crippen molar-refractivity contribution in [2.75, 3.05) is 34.0 Å². The molecule has 0 spiro atoms. The van der Waals surface area contributed by atoms with Gasteiger partial charge in [0.1, 0.15) is 33.0 Å². The van der Waals surface area contributed by atoms with Crippen LogP contribution in [0.1, 0.15) is 30.6 Å². The largest absolute Gasteiger partial charge is 0.496 e. The second kappa shape index (κ2) is 10.9. The number of benzene rings is 1. The molecular weight excluding hydrogens is 543 g/mol. The van der Waals surface area contributed by atoms with Gasteiger partial charge in [0.15, 0.2) is 0 Å². The number of carbonyl (C=O) groups excluding carboxylic acids is 1. The van der Waals surface area contributed by atoms with E-state index in [1.165, 1.54) is 65.5 Å². The van der Waals surface area contributed by atoms with Crippen LogP contribution in [0.15, 0.2) is 40.2 Å². The molecule has 1 aliphatic rings. The second-order valence-electron chi connectivity index (χ2n) is 9.58. The number of nitrogens with zero attached hydrogens (tertiary/aromatic N) is 5. The highest BCUT2D eigenvalue weighted by molar-refractivity contribution is 7.21. The minimum Gasteiger partial charge on any atom is -0.496 e. The van der Waals surface area contributed by atoms with E-state index in [1.54, 1.807) is 13.8 Å². The van der Waals surface area contributed by atoms with Crippen LogP contribution >= 0.6 is 11.3 Å². The minimum absolute atomic E-state index is 0.108. The molecular formula is C26H29FN6O6S. The molecule has 40 heavy (non-hydrogen) atoms. The Hall–Kier alpha value is -3.88. The van der Waals surface area contributed by atoms with Gasteiger partial charge in [0.05, 0.1) is 44.6 Å². The third kappa shape index (κ3) is 4.61. The highest BCUT2D eigenvalue weighted by Crippen LogP contribution is 2.34. The van der Waals surface area contributed by atoms with Crippen molar-refractivity contribution in [2.24, 2.45) is 0 Å². The SMILES string of the molecule is COCCO[C@@H](Cn1c(=O)n([C@@]2(C)CCNC2=O)c(=O)c2c(C)c(-n3nccn3)sc21)c1cc(F)ccc1OC. The number of fused-ring (bicyclic) bond motifs is 1. The summed E-state index contributed by atoms with van der Waals surface area (Å²) in [6.45, 7) is 3.94. The maximum Gasteiger partial charge on any atom is 0.333 e. The maximum atomic E-state index is 14.4. The second-order valence-corrected chi connectivity index (χ2v) is 10.6. The number of methoxy groups -OCH3 is 2. The van der Waals surface area contributed by atoms with Gasteiger partial charge < -0.3 is 19.5 Å². The van der Waals surface area contributed by atoms with Gasteiger partial charge >= 0.3 is 5.69 Å². The highest BCUT2D eigenvalue weighted by atomic mass is 32.1. The van der Waals surface area contributed by atoms with Crippen LogP contribution in [0, 0.1) is 12.7 Å². The third-order valence-corrected chi connectivity index (χ3v) is 8.44. The molecule has 5 rings (SSSR count). The minimum atomic E-state index is -1.40. The molecule has 0 bridgehead atoms. The van der Waals surface area contributed by atoms with Gasteiger partial charge in [0.2, 0.25) is 5.91 Å². The summed E-state index contributed by atoms with van der Waals surface area (Å²) in [7, 11) is 2.98. The van der Waals surface area contributed by atoms with E-state index >= 15 is 0 Å². The Bertz CT molecular complexity index is 1680. The van der Waals surface area contributed by atoms with Gasteiger partial charge in [0.25, 0.3) is 5.56 Å². The quantitative estimate of drug-likeness (QED) is 0.285. The van der Waals surface area contributed by atoms with E-state index in [4.69, 9.17) is 14.2 Å². The van der Waals surface area contributed by atoms with Crippen LogP contribution in [-0.4, -0.2) is 64.0 Å². The van der Waals surface area contributed by atoms with E-state index in [0.717, 1.165) is 4.57 Å². The Morgan fingerprint density at radius 3 is 2.58 bits per heavy atom. The average Bonchev–Trinajstić information content (AvgIpc) is 3.66. The van der Waals surface area contributed by atoms with E-state index in [2.05, 4.69) is 15.5 Å². The molecule has 0 unspecified atom stereocenters. The van der Waals surface area contributed by atoms with Crippen LogP contribution in [0.3, 0.4) is 0 Å². The number of nitrogens with one attached hydrogen (secondary N) is 1. The summed E-state index contributed by atoms with van der Waals surface area (Å²) in [5, 5.41) is 11.9. The van der Waals surface area contributed by atoms with Gasteiger partial charge in [-0.1, -0.05) is 11.3 Å². The third-order valence-electron chi connectivity index (χ3n) is 7.16. The molecule has 1 fully saturated rings. The molecule has 0 radical (unpaired) electrons. The van der Waals surface area contributed by atoms with Crippen molar-refractivity contribution in [3.63, 3.8) is 0 Å². The van der Waals surface area contributed by atoms with Gasteiger partial charge in [-0.05, 0) is 38.5 Å². The lowest BCUT2D eigenvalue weighted by molar-refractivity contribution is -0.126. The Balaban J connectivity index is 1.78. The summed E-state index contributed by atoms with van der Waals surface area (Å²) >= 11 is 1.17. The van der Waals surface area contributed by atoms with E-state index in [-0.39, 0.29) is 31.6 Å². The number of amides is 1. The van der Waals surface area contributed by atoms with Crippen LogP contribution in [-0.2, 0) is 26.4 Å². The molecule has 12 nitrogen and oxygen atoms in total. The summed E-state index contributed by atoms with van der Waals surface area (Å²) in [5.74, 6) is -0.556. The first kappa shape index (κ1) is 27.7.